The van der Waals surface area contributed by atoms with Crippen molar-refractivity contribution in [1.29, 1.82) is 0 Å². The third-order valence-electron chi connectivity index (χ3n) is 2.66. The zero-order valence-electron chi connectivity index (χ0n) is 7.59. The van der Waals surface area contributed by atoms with E-state index in [9.17, 15) is 0 Å². The SMILES string of the molecule is C1CNCCN(CC2CSC2)C1. The first-order chi connectivity index (χ1) is 5.95. The van der Waals surface area contributed by atoms with E-state index in [0.29, 0.717) is 0 Å². The van der Waals surface area contributed by atoms with E-state index in [1.807, 2.05) is 0 Å². The summed E-state index contributed by atoms with van der Waals surface area (Å²) in [6.07, 6.45) is 1.33. The minimum absolute atomic E-state index is 1.01. The molecule has 2 aliphatic rings. The number of rotatable bonds is 2. The monoisotopic (exact) mass is 186 g/mol. The summed E-state index contributed by atoms with van der Waals surface area (Å²) in [4.78, 5) is 2.63. The van der Waals surface area contributed by atoms with E-state index < -0.39 is 0 Å². The Balaban J connectivity index is 1.69. The molecule has 0 bridgehead atoms. The van der Waals surface area contributed by atoms with Gasteiger partial charge in [0.05, 0.1) is 0 Å². The molecule has 70 valence electrons. The maximum atomic E-state index is 3.44. The molecule has 2 aliphatic heterocycles. The lowest BCUT2D eigenvalue weighted by Gasteiger charge is -2.30. The predicted octanol–water partition coefficient (Wildman–Crippen LogP) is 0.645. The number of nitrogens with zero attached hydrogens (tertiary/aromatic N) is 1. The summed E-state index contributed by atoms with van der Waals surface area (Å²) < 4.78 is 0. The Morgan fingerprint density at radius 2 is 2.17 bits per heavy atom. The molecule has 0 unspecified atom stereocenters. The van der Waals surface area contributed by atoms with Gasteiger partial charge in [-0.3, -0.25) is 0 Å². The summed E-state index contributed by atoms with van der Waals surface area (Å²) in [5, 5.41) is 3.44. The Morgan fingerprint density at radius 3 is 2.92 bits per heavy atom. The topological polar surface area (TPSA) is 15.3 Å². The van der Waals surface area contributed by atoms with Gasteiger partial charge in [-0.15, -0.1) is 0 Å². The van der Waals surface area contributed by atoms with Crippen LogP contribution < -0.4 is 5.32 Å². The fraction of sp³-hybridized carbons (Fsp3) is 1.00. The van der Waals surface area contributed by atoms with Crippen molar-refractivity contribution in [1.82, 2.24) is 10.2 Å². The van der Waals surface area contributed by atoms with Crippen LogP contribution in [-0.2, 0) is 0 Å². The van der Waals surface area contributed by atoms with Crippen LogP contribution in [0.2, 0.25) is 0 Å². The third kappa shape index (κ3) is 2.38. The van der Waals surface area contributed by atoms with Crippen LogP contribution in [0.1, 0.15) is 6.42 Å². The fourth-order valence-corrected chi connectivity index (χ4v) is 2.62. The molecule has 0 radical (unpaired) electrons. The lowest BCUT2D eigenvalue weighted by Crippen LogP contribution is -2.37. The molecule has 0 aromatic carbocycles. The first kappa shape index (κ1) is 8.85. The molecule has 0 aromatic heterocycles. The molecule has 1 N–H and O–H groups in total. The maximum absolute atomic E-state index is 3.44. The van der Waals surface area contributed by atoms with Gasteiger partial charge in [-0.1, -0.05) is 0 Å². The molecule has 2 saturated heterocycles. The zero-order valence-corrected chi connectivity index (χ0v) is 8.41. The fourth-order valence-electron chi connectivity index (χ4n) is 1.84. The highest BCUT2D eigenvalue weighted by Crippen LogP contribution is 2.25. The highest BCUT2D eigenvalue weighted by Gasteiger charge is 2.21. The predicted molar refractivity (Wildman–Crippen MR) is 54.7 cm³/mol. The lowest BCUT2D eigenvalue weighted by atomic mass is 10.2. The Bertz CT molecular complexity index is 128. The van der Waals surface area contributed by atoms with Gasteiger partial charge in [-0.25, -0.2) is 0 Å². The minimum atomic E-state index is 1.01. The van der Waals surface area contributed by atoms with Crippen LogP contribution in [0.25, 0.3) is 0 Å². The van der Waals surface area contributed by atoms with Crippen molar-refractivity contribution in [2.75, 3.05) is 44.2 Å². The highest BCUT2D eigenvalue weighted by molar-refractivity contribution is 8.00. The summed E-state index contributed by atoms with van der Waals surface area (Å²) in [5.74, 6) is 3.82. The highest BCUT2D eigenvalue weighted by atomic mass is 32.2. The van der Waals surface area contributed by atoms with E-state index in [2.05, 4.69) is 22.0 Å². The van der Waals surface area contributed by atoms with Crippen LogP contribution in [0.3, 0.4) is 0 Å². The van der Waals surface area contributed by atoms with Crippen LogP contribution in [0, 0.1) is 5.92 Å². The molecule has 0 aromatic rings. The number of hydrogen-bond donors (Lipinski definition) is 1. The van der Waals surface area contributed by atoms with E-state index in [0.717, 1.165) is 5.92 Å². The molecular formula is C9H18N2S. The quantitative estimate of drug-likeness (QED) is 0.681. The molecule has 3 heteroatoms. The number of thioether (sulfide) groups is 1. The Morgan fingerprint density at radius 1 is 1.25 bits per heavy atom. The van der Waals surface area contributed by atoms with Gasteiger partial charge in [-0.2, -0.15) is 11.8 Å². The molecule has 0 amide bonds. The second-order valence-electron chi connectivity index (χ2n) is 3.81. The van der Waals surface area contributed by atoms with Gasteiger partial charge >= 0.3 is 0 Å². The molecule has 2 fully saturated rings. The molecule has 2 heterocycles. The van der Waals surface area contributed by atoms with Crippen molar-refractivity contribution in [2.45, 2.75) is 6.42 Å². The van der Waals surface area contributed by atoms with Crippen molar-refractivity contribution >= 4 is 11.8 Å². The van der Waals surface area contributed by atoms with E-state index >= 15 is 0 Å². The Kier molecular flexibility index (Phi) is 3.31. The normalized spacial score (nSPS) is 28.0. The Labute approximate surface area is 79.1 Å². The molecule has 0 atom stereocenters. The van der Waals surface area contributed by atoms with Gasteiger partial charge in [0.15, 0.2) is 0 Å². The molecule has 12 heavy (non-hydrogen) atoms. The summed E-state index contributed by atoms with van der Waals surface area (Å²) in [7, 11) is 0. The van der Waals surface area contributed by atoms with Crippen LogP contribution in [-0.4, -0.2) is 49.1 Å². The molecule has 0 saturated carbocycles. The second kappa shape index (κ2) is 4.49. The molecule has 2 rings (SSSR count). The summed E-state index contributed by atoms with van der Waals surface area (Å²) in [6, 6.07) is 0. The summed E-state index contributed by atoms with van der Waals surface area (Å²) in [6.45, 7) is 6.35. The van der Waals surface area contributed by atoms with E-state index in [1.165, 1.54) is 50.7 Å². The van der Waals surface area contributed by atoms with Crippen molar-refractivity contribution in [3.05, 3.63) is 0 Å². The molecule has 0 aliphatic carbocycles. The van der Waals surface area contributed by atoms with E-state index in [4.69, 9.17) is 0 Å². The van der Waals surface area contributed by atoms with Crippen molar-refractivity contribution < 1.29 is 0 Å². The van der Waals surface area contributed by atoms with E-state index in [1.54, 1.807) is 0 Å². The van der Waals surface area contributed by atoms with Crippen LogP contribution in [0.4, 0.5) is 0 Å². The van der Waals surface area contributed by atoms with Crippen LogP contribution in [0.15, 0.2) is 0 Å². The van der Waals surface area contributed by atoms with Crippen LogP contribution >= 0.6 is 11.8 Å². The van der Waals surface area contributed by atoms with Gasteiger partial charge in [0.1, 0.15) is 0 Å². The van der Waals surface area contributed by atoms with Gasteiger partial charge in [0.25, 0.3) is 0 Å². The summed E-state index contributed by atoms with van der Waals surface area (Å²) in [5.41, 5.74) is 0. The first-order valence-corrected chi connectivity index (χ1v) is 6.11. The lowest BCUT2D eigenvalue weighted by molar-refractivity contribution is 0.259. The van der Waals surface area contributed by atoms with Gasteiger partial charge < -0.3 is 10.2 Å². The first-order valence-electron chi connectivity index (χ1n) is 4.96. The average Bonchev–Trinajstić information content (AvgIpc) is 2.24. The molecular weight excluding hydrogens is 168 g/mol. The van der Waals surface area contributed by atoms with E-state index in [-0.39, 0.29) is 0 Å². The third-order valence-corrected chi connectivity index (χ3v) is 4.07. The Hall–Kier alpha value is 0.270. The smallest absolute Gasteiger partial charge is 0.0107 e. The zero-order chi connectivity index (χ0) is 8.23. The average molecular weight is 186 g/mol. The maximum Gasteiger partial charge on any atom is 0.0107 e. The van der Waals surface area contributed by atoms with Crippen molar-refractivity contribution in [2.24, 2.45) is 5.92 Å². The molecule has 2 nitrogen and oxygen atoms in total. The standard InChI is InChI=1S/C9H18N2S/c1-2-10-3-5-11(4-1)6-9-7-12-8-9/h9-10H,1-8H2. The van der Waals surface area contributed by atoms with Gasteiger partial charge in [-0.05, 0) is 36.9 Å². The van der Waals surface area contributed by atoms with Crippen molar-refractivity contribution in [3.63, 3.8) is 0 Å². The molecule has 0 spiro atoms. The summed E-state index contributed by atoms with van der Waals surface area (Å²) >= 11 is 2.10. The van der Waals surface area contributed by atoms with Crippen molar-refractivity contribution in [3.8, 4) is 0 Å². The van der Waals surface area contributed by atoms with Crippen LogP contribution in [0.5, 0.6) is 0 Å². The second-order valence-corrected chi connectivity index (χ2v) is 4.88. The number of nitrogens with one attached hydrogen (secondary N) is 1. The van der Waals surface area contributed by atoms with Gasteiger partial charge in [0.2, 0.25) is 0 Å². The minimum Gasteiger partial charge on any atom is -0.315 e. The largest absolute Gasteiger partial charge is 0.315 e. The number of hydrogen-bond acceptors (Lipinski definition) is 3. The van der Waals surface area contributed by atoms with Gasteiger partial charge in [0, 0.05) is 19.6 Å².